The molecule has 0 unspecified atom stereocenters. The zero-order chi connectivity index (χ0) is 15.6. The molecule has 7 heteroatoms. The molecule has 21 heavy (non-hydrogen) atoms. The van der Waals surface area contributed by atoms with Crippen LogP contribution in [0.5, 0.6) is 0 Å². The van der Waals surface area contributed by atoms with Crippen molar-refractivity contribution in [2.75, 3.05) is 6.26 Å². The normalized spacial score (nSPS) is 12.0. The maximum atomic E-state index is 11.7. The van der Waals surface area contributed by atoms with Crippen molar-refractivity contribution in [2.24, 2.45) is 11.7 Å². The van der Waals surface area contributed by atoms with Crippen molar-refractivity contribution in [2.45, 2.75) is 31.8 Å². The Morgan fingerprint density at radius 2 is 2.00 bits per heavy atom. The van der Waals surface area contributed by atoms with Gasteiger partial charge in [-0.25, -0.2) is 8.42 Å². The van der Waals surface area contributed by atoms with E-state index in [4.69, 9.17) is 5.73 Å². The van der Waals surface area contributed by atoms with Gasteiger partial charge < -0.3 is 10.3 Å². The lowest BCUT2D eigenvalue weighted by molar-refractivity contribution is 0.510. The van der Waals surface area contributed by atoms with Crippen molar-refractivity contribution in [1.29, 1.82) is 0 Å². The van der Waals surface area contributed by atoms with E-state index in [0.29, 0.717) is 24.1 Å². The fourth-order valence-corrected chi connectivity index (χ4v) is 2.79. The molecule has 0 spiro atoms. The van der Waals surface area contributed by atoms with E-state index >= 15 is 0 Å². The van der Waals surface area contributed by atoms with Gasteiger partial charge in [-0.15, -0.1) is 10.2 Å². The average molecular weight is 308 g/mol. The highest BCUT2D eigenvalue weighted by Crippen LogP contribution is 2.22. The molecule has 2 N–H and O–H groups in total. The van der Waals surface area contributed by atoms with Gasteiger partial charge in [0.2, 0.25) is 0 Å². The number of hydrogen-bond donors (Lipinski definition) is 1. The lowest BCUT2D eigenvalue weighted by Gasteiger charge is -2.12. The summed E-state index contributed by atoms with van der Waals surface area (Å²) in [4.78, 5) is 0.272. The monoisotopic (exact) mass is 308 g/mol. The van der Waals surface area contributed by atoms with Crippen molar-refractivity contribution in [1.82, 2.24) is 14.8 Å². The number of sulfone groups is 1. The zero-order valence-electron chi connectivity index (χ0n) is 12.4. The van der Waals surface area contributed by atoms with E-state index in [-0.39, 0.29) is 4.90 Å². The van der Waals surface area contributed by atoms with E-state index < -0.39 is 9.84 Å². The number of nitrogens with two attached hydrogens (primary N) is 1. The van der Waals surface area contributed by atoms with Crippen molar-refractivity contribution < 1.29 is 8.42 Å². The van der Waals surface area contributed by atoms with Crippen LogP contribution in [0, 0.1) is 5.92 Å². The highest BCUT2D eigenvalue weighted by atomic mass is 32.2. The minimum Gasteiger partial charge on any atom is -0.324 e. The van der Waals surface area contributed by atoms with Crippen molar-refractivity contribution in [3.63, 3.8) is 0 Å². The third kappa shape index (κ3) is 3.48. The maximum absolute atomic E-state index is 11.7. The fourth-order valence-electron chi connectivity index (χ4n) is 2.12. The first kappa shape index (κ1) is 15.7. The van der Waals surface area contributed by atoms with Gasteiger partial charge in [0.15, 0.2) is 15.7 Å². The van der Waals surface area contributed by atoms with E-state index in [2.05, 4.69) is 24.0 Å². The lowest BCUT2D eigenvalue weighted by atomic mass is 10.2. The summed E-state index contributed by atoms with van der Waals surface area (Å²) < 4.78 is 25.3. The third-order valence-corrected chi connectivity index (χ3v) is 4.19. The molecule has 0 aliphatic rings. The van der Waals surface area contributed by atoms with Gasteiger partial charge in [0.05, 0.1) is 11.4 Å². The Morgan fingerprint density at radius 1 is 1.29 bits per heavy atom. The lowest BCUT2D eigenvalue weighted by Crippen LogP contribution is -2.13. The minimum absolute atomic E-state index is 0.272. The summed E-state index contributed by atoms with van der Waals surface area (Å²) in [5.41, 5.74) is 6.43. The van der Waals surface area contributed by atoms with Gasteiger partial charge >= 0.3 is 0 Å². The van der Waals surface area contributed by atoms with Crippen molar-refractivity contribution in [3.8, 4) is 11.4 Å². The first-order valence-corrected chi connectivity index (χ1v) is 8.64. The largest absolute Gasteiger partial charge is 0.324 e. The highest BCUT2D eigenvalue weighted by molar-refractivity contribution is 7.90. The van der Waals surface area contributed by atoms with Crippen LogP contribution in [0.2, 0.25) is 0 Å². The van der Waals surface area contributed by atoms with E-state index in [1.807, 2.05) is 10.6 Å². The Kier molecular flexibility index (Phi) is 4.43. The molecule has 0 radical (unpaired) electrons. The van der Waals surface area contributed by atoms with E-state index in [0.717, 1.165) is 12.1 Å². The molecule has 0 fully saturated rings. The van der Waals surface area contributed by atoms with Gasteiger partial charge in [-0.2, -0.15) is 0 Å². The van der Waals surface area contributed by atoms with Crippen LogP contribution in [0.4, 0.5) is 0 Å². The molecule has 2 aromatic rings. The molecule has 114 valence electrons. The van der Waals surface area contributed by atoms with Gasteiger partial charge in [0.1, 0.15) is 5.82 Å². The maximum Gasteiger partial charge on any atom is 0.175 e. The molecular weight excluding hydrogens is 288 g/mol. The first-order chi connectivity index (χ1) is 9.82. The van der Waals surface area contributed by atoms with Crippen LogP contribution < -0.4 is 5.73 Å². The zero-order valence-corrected chi connectivity index (χ0v) is 13.3. The van der Waals surface area contributed by atoms with E-state index in [1.165, 1.54) is 6.26 Å². The number of hydrogen-bond acceptors (Lipinski definition) is 5. The summed E-state index contributed by atoms with van der Waals surface area (Å²) in [6.07, 6.45) is 1.19. The molecule has 0 aliphatic carbocycles. The van der Waals surface area contributed by atoms with Gasteiger partial charge in [0.25, 0.3) is 0 Å². The Bertz CT molecular complexity index is 735. The molecule has 0 amide bonds. The number of rotatable bonds is 5. The molecule has 2 rings (SSSR count). The SMILES string of the molecule is CC(C)Cn1c(CN)nnc1-c1cccc(S(C)(=O)=O)c1. The molecular formula is C14H20N4O2S. The van der Waals surface area contributed by atoms with Crippen molar-refractivity contribution >= 4 is 9.84 Å². The van der Waals surface area contributed by atoms with Gasteiger partial charge in [-0.05, 0) is 18.1 Å². The second kappa shape index (κ2) is 5.95. The highest BCUT2D eigenvalue weighted by Gasteiger charge is 2.16. The van der Waals surface area contributed by atoms with Gasteiger partial charge in [0, 0.05) is 18.4 Å². The summed E-state index contributed by atoms with van der Waals surface area (Å²) in [7, 11) is -3.25. The Hall–Kier alpha value is -1.73. The van der Waals surface area contributed by atoms with Crippen LogP contribution in [-0.4, -0.2) is 29.4 Å². The number of nitrogens with zero attached hydrogens (tertiary/aromatic N) is 3. The van der Waals surface area contributed by atoms with Crippen LogP contribution in [0.15, 0.2) is 29.2 Å². The molecule has 0 aliphatic heterocycles. The fraction of sp³-hybridized carbons (Fsp3) is 0.429. The molecule has 1 aromatic carbocycles. The summed E-state index contributed by atoms with van der Waals surface area (Å²) >= 11 is 0. The topological polar surface area (TPSA) is 90.9 Å². The van der Waals surface area contributed by atoms with E-state index in [9.17, 15) is 8.42 Å². The predicted molar refractivity (Wildman–Crippen MR) is 81.3 cm³/mol. The number of aromatic nitrogens is 3. The Morgan fingerprint density at radius 3 is 2.57 bits per heavy atom. The summed E-state index contributed by atoms with van der Waals surface area (Å²) in [5, 5.41) is 8.27. The first-order valence-electron chi connectivity index (χ1n) is 6.75. The van der Waals surface area contributed by atoms with Crippen molar-refractivity contribution in [3.05, 3.63) is 30.1 Å². The Labute approximate surface area is 124 Å². The molecule has 0 bridgehead atoms. The van der Waals surface area contributed by atoms with Gasteiger partial charge in [-0.3, -0.25) is 0 Å². The summed E-state index contributed by atoms with van der Waals surface area (Å²) in [6.45, 7) is 5.22. The smallest absolute Gasteiger partial charge is 0.175 e. The minimum atomic E-state index is -3.25. The second-order valence-corrected chi connectivity index (χ2v) is 7.46. The third-order valence-electron chi connectivity index (χ3n) is 3.08. The molecule has 1 aromatic heterocycles. The van der Waals surface area contributed by atoms with Crippen LogP contribution in [0.3, 0.4) is 0 Å². The average Bonchev–Trinajstić information content (AvgIpc) is 2.80. The summed E-state index contributed by atoms with van der Waals surface area (Å²) in [5.74, 6) is 1.75. The van der Waals surface area contributed by atoms with Crippen LogP contribution in [0.1, 0.15) is 19.7 Å². The number of benzene rings is 1. The van der Waals surface area contributed by atoms with Crippen LogP contribution in [-0.2, 0) is 22.9 Å². The molecule has 6 nitrogen and oxygen atoms in total. The molecule has 0 saturated heterocycles. The molecule has 0 atom stereocenters. The predicted octanol–water partition coefficient (Wildman–Crippen LogP) is 1.46. The second-order valence-electron chi connectivity index (χ2n) is 5.45. The molecule has 0 saturated carbocycles. The molecule has 1 heterocycles. The van der Waals surface area contributed by atoms with Crippen LogP contribution >= 0.6 is 0 Å². The summed E-state index contributed by atoms with van der Waals surface area (Å²) in [6, 6.07) is 6.74. The van der Waals surface area contributed by atoms with Gasteiger partial charge in [-0.1, -0.05) is 26.0 Å². The van der Waals surface area contributed by atoms with E-state index in [1.54, 1.807) is 18.2 Å². The quantitative estimate of drug-likeness (QED) is 0.903. The Balaban J connectivity index is 2.54. The standard InChI is InChI=1S/C14H20N4O2S/c1-10(2)9-18-13(8-15)16-17-14(18)11-5-4-6-12(7-11)21(3,19)20/h4-7,10H,8-9,15H2,1-3H3. The van der Waals surface area contributed by atoms with Crippen LogP contribution in [0.25, 0.3) is 11.4 Å².